The van der Waals surface area contributed by atoms with E-state index in [-0.39, 0.29) is 12.1 Å². The first-order valence-electron chi connectivity index (χ1n) is 7.21. The van der Waals surface area contributed by atoms with E-state index in [1.807, 2.05) is 20.8 Å². The molecule has 0 aliphatic carbocycles. The molecule has 0 saturated carbocycles. The molecule has 0 amide bonds. The summed E-state index contributed by atoms with van der Waals surface area (Å²) < 4.78 is 10.7. The Morgan fingerprint density at radius 3 is 2.57 bits per heavy atom. The van der Waals surface area contributed by atoms with Crippen LogP contribution in [0.15, 0.2) is 0 Å². The van der Waals surface area contributed by atoms with E-state index in [1.165, 1.54) is 0 Å². The monoisotopic (exact) mass is 297 g/mol. The van der Waals surface area contributed by atoms with Crippen molar-refractivity contribution in [2.45, 2.75) is 38.9 Å². The van der Waals surface area contributed by atoms with E-state index < -0.39 is 5.60 Å². The van der Waals surface area contributed by atoms with Crippen molar-refractivity contribution in [1.82, 2.24) is 15.0 Å². The molecule has 0 aromatic carbocycles. The standard InChI is InChI=1S/C13H23N5O3/c1-4-14-10-16-11(18-12(17-10)21-9(2)3)15-7-13(19)5-6-20-8-13/h9,19H,4-8H2,1-3H3,(H2,14,15,16,17,18). The highest BCUT2D eigenvalue weighted by Gasteiger charge is 2.32. The lowest BCUT2D eigenvalue weighted by molar-refractivity contribution is 0.0380. The number of aliphatic hydroxyl groups is 1. The van der Waals surface area contributed by atoms with Crippen molar-refractivity contribution in [3.63, 3.8) is 0 Å². The topological polar surface area (TPSA) is 101 Å². The molecule has 1 saturated heterocycles. The van der Waals surface area contributed by atoms with Crippen LogP contribution in [0.5, 0.6) is 6.01 Å². The Kier molecular flexibility index (Phi) is 5.13. The second-order valence-electron chi connectivity index (χ2n) is 5.34. The van der Waals surface area contributed by atoms with Crippen LogP contribution in [0.4, 0.5) is 11.9 Å². The fraction of sp³-hybridized carbons (Fsp3) is 0.769. The minimum atomic E-state index is -0.871. The van der Waals surface area contributed by atoms with Crippen molar-refractivity contribution in [1.29, 1.82) is 0 Å². The number of nitrogens with zero attached hydrogens (tertiary/aromatic N) is 3. The predicted molar refractivity (Wildman–Crippen MR) is 78.6 cm³/mol. The number of anilines is 2. The van der Waals surface area contributed by atoms with Crippen LogP contribution in [0.1, 0.15) is 27.2 Å². The molecule has 0 bridgehead atoms. The van der Waals surface area contributed by atoms with E-state index in [2.05, 4.69) is 25.6 Å². The molecule has 1 aliphatic rings. The fourth-order valence-electron chi connectivity index (χ4n) is 1.92. The highest BCUT2D eigenvalue weighted by atomic mass is 16.5. The summed E-state index contributed by atoms with van der Waals surface area (Å²) in [6.07, 6.45) is 0.572. The minimum absolute atomic E-state index is 0.0258. The van der Waals surface area contributed by atoms with Gasteiger partial charge in [0.15, 0.2) is 0 Å². The van der Waals surface area contributed by atoms with Crippen molar-refractivity contribution < 1.29 is 14.6 Å². The molecule has 1 aromatic rings. The van der Waals surface area contributed by atoms with Gasteiger partial charge >= 0.3 is 6.01 Å². The maximum atomic E-state index is 10.2. The van der Waals surface area contributed by atoms with Gasteiger partial charge in [-0.3, -0.25) is 0 Å². The lowest BCUT2D eigenvalue weighted by Crippen LogP contribution is -2.37. The molecule has 1 atom stereocenters. The summed E-state index contributed by atoms with van der Waals surface area (Å²) in [4.78, 5) is 12.6. The van der Waals surface area contributed by atoms with Gasteiger partial charge in [-0.1, -0.05) is 0 Å². The molecule has 3 N–H and O–H groups in total. The summed E-state index contributed by atoms with van der Waals surface area (Å²) in [6.45, 7) is 7.68. The van der Waals surface area contributed by atoms with Gasteiger partial charge in [-0.15, -0.1) is 0 Å². The summed E-state index contributed by atoms with van der Waals surface area (Å²) in [5.74, 6) is 0.817. The summed E-state index contributed by atoms with van der Waals surface area (Å²) in [5, 5.41) is 16.3. The van der Waals surface area contributed by atoms with Crippen LogP contribution < -0.4 is 15.4 Å². The first-order valence-corrected chi connectivity index (χ1v) is 7.21. The lowest BCUT2D eigenvalue weighted by Gasteiger charge is -2.20. The zero-order valence-corrected chi connectivity index (χ0v) is 12.7. The van der Waals surface area contributed by atoms with Crippen LogP contribution in [0.3, 0.4) is 0 Å². The van der Waals surface area contributed by atoms with Crippen LogP contribution in [-0.4, -0.2) is 58.1 Å². The number of hydrogen-bond donors (Lipinski definition) is 3. The third kappa shape index (κ3) is 4.68. The van der Waals surface area contributed by atoms with Gasteiger partial charge in [0, 0.05) is 26.1 Å². The predicted octanol–water partition coefficient (Wildman–Crippen LogP) is 0.654. The molecule has 8 nitrogen and oxygen atoms in total. The third-order valence-corrected chi connectivity index (χ3v) is 2.95. The zero-order chi connectivity index (χ0) is 15.3. The molecule has 21 heavy (non-hydrogen) atoms. The average Bonchev–Trinajstić information content (AvgIpc) is 2.83. The first kappa shape index (κ1) is 15.7. The Bertz CT molecular complexity index is 463. The largest absolute Gasteiger partial charge is 0.461 e. The second kappa shape index (κ2) is 6.86. The second-order valence-corrected chi connectivity index (χ2v) is 5.34. The molecule has 1 aromatic heterocycles. The first-order chi connectivity index (χ1) is 10.0. The SMILES string of the molecule is CCNc1nc(NCC2(O)CCOC2)nc(OC(C)C)n1. The third-order valence-electron chi connectivity index (χ3n) is 2.95. The molecular formula is C13H23N5O3. The number of nitrogens with one attached hydrogen (secondary N) is 2. The minimum Gasteiger partial charge on any atom is -0.461 e. The molecule has 8 heteroatoms. The molecule has 1 fully saturated rings. The molecule has 1 unspecified atom stereocenters. The van der Waals surface area contributed by atoms with Gasteiger partial charge in [0.05, 0.1) is 12.7 Å². The molecule has 0 radical (unpaired) electrons. The van der Waals surface area contributed by atoms with Crippen molar-refractivity contribution in [2.24, 2.45) is 0 Å². The Labute approximate surface area is 124 Å². The summed E-state index contributed by atoms with van der Waals surface area (Å²) in [5.41, 5.74) is -0.871. The maximum Gasteiger partial charge on any atom is 0.323 e. The summed E-state index contributed by atoms with van der Waals surface area (Å²) in [7, 11) is 0. The summed E-state index contributed by atoms with van der Waals surface area (Å²) >= 11 is 0. The Hall–Kier alpha value is -1.67. The molecule has 2 rings (SSSR count). The summed E-state index contributed by atoms with van der Waals surface area (Å²) in [6, 6.07) is 0.258. The van der Waals surface area contributed by atoms with Gasteiger partial charge in [0.2, 0.25) is 11.9 Å². The van der Waals surface area contributed by atoms with Crippen molar-refractivity contribution in [3.05, 3.63) is 0 Å². The van der Waals surface area contributed by atoms with Crippen LogP contribution >= 0.6 is 0 Å². The van der Waals surface area contributed by atoms with Crippen LogP contribution in [-0.2, 0) is 4.74 Å². The smallest absolute Gasteiger partial charge is 0.323 e. The normalized spacial score (nSPS) is 21.6. The molecular weight excluding hydrogens is 274 g/mol. The molecule has 1 aliphatic heterocycles. The zero-order valence-electron chi connectivity index (χ0n) is 12.7. The van der Waals surface area contributed by atoms with E-state index in [9.17, 15) is 5.11 Å². The van der Waals surface area contributed by atoms with Crippen molar-refractivity contribution in [3.8, 4) is 6.01 Å². The van der Waals surface area contributed by atoms with Gasteiger partial charge in [0.25, 0.3) is 0 Å². The molecule has 118 valence electrons. The fourth-order valence-corrected chi connectivity index (χ4v) is 1.92. The van der Waals surface area contributed by atoms with Gasteiger partial charge in [-0.25, -0.2) is 0 Å². The van der Waals surface area contributed by atoms with Crippen molar-refractivity contribution >= 4 is 11.9 Å². The van der Waals surface area contributed by atoms with Crippen LogP contribution in [0, 0.1) is 0 Å². The molecule has 2 heterocycles. The van der Waals surface area contributed by atoms with E-state index in [0.717, 1.165) is 0 Å². The Morgan fingerprint density at radius 2 is 2.00 bits per heavy atom. The van der Waals surface area contributed by atoms with Gasteiger partial charge in [0.1, 0.15) is 5.60 Å². The highest BCUT2D eigenvalue weighted by molar-refractivity contribution is 5.36. The number of rotatable bonds is 7. The lowest BCUT2D eigenvalue weighted by atomic mass is 10.0. The average molecular weight is 297 g/mol. The van der Waals surface area contributed by atoms with Crippen LogP contribution in [0.25, 0.3) is 0 Å². The quantitative estimate of drug-likeness (QED) is 0.674. The van der Waals surface area contributed by atoms with Crippen LogP contribution in [0.2, 0.25) is 0 Å². The Morgan fingerprint density at radius 1 is 1.29 bits per heavy atom. The number of ether oxygens (including phenoxy) is 2. The number of aromatic nitrogens is 3. The van der Waals surface area contributed by atoms with Crippen molar-refractivity contribution in [2.75, 3.05) is 36.9 Å². The van der Waals surface area contributed by atoms with Gasteiger partial charge in [-0.2, -0.15) is 15.0 Å². The van der Waals surface area contributed by atoms with E-state index in [0.29, 0.717) is 44.6 Å². The van der Waals surface area contributed by atoms with E-state index >= 15 is 0 Å². The maximum absolute atomic E-state index is 10.2. The van der Waals surface area contributed by atoms with E-state index in [4.69, 9.17) is 9.47 Å². The van der Waals surface area contributed by atoms with E-state index in [1.54, 1.807) is 0 Å². The van der Waals surface area contributed by atoms with Gasteiger partial charge < -0.3 is 25.2 Å². The highest BCUT2D eigenvalue weighted by Crippen LogP contribution is 2.19. The molecule has 0 spiro atoms. The number of hydrogen-bond acceptors (Lipinski definition) is 8. The Balaban J connectivity index is 2.07. The van der Waals surface area contributed by atoms with Gasteiger partial charge in [-0.05, 0) is 20.8 Å².